The molecule has 2 rings (SSSR count). The standard InChI is InChI=1S/C16H18FN/c1-18-12-11-16(13-5-3-2-4-6-13)14-7-9-15(17)10-8-14/h2-10,16,18H,11-12H2,1H3. The van der Waals surface area contributed by atoms with Crippen molar-refractivity contribution in [2.75, 3.05) is 13.6 Å². The number of nitrogens with one attached hydrogen (secondary N) is 1. The first kappa shape index (κ1) is 12.8. The predicted molar refractivity (Wildman–Crippen MR) is 73.2 cm³/mol. The molecule has 0 amide bonds. The Bertz CT molecular complexity index is 464. The van der Waals surface area contributed by atoms with Gasteiger partial charge in [-0.15, -0.1) is 0 Å². The van der Waals surface area contributed by atoms with Crippen LogP contribution in [-0.2, 0) is 0 Å². The van der Waals surface area contributed by atoms with Crippen LogP contribution in [0.4, 0.5) is 4.39 Å². The van der Waals surface area contributed by atoms with Crippen molar-refractivity contribution in [3.63, 3.8) is 0 Å². The molecule has 0 aromatic heterocycles. The first-order chi connectivity index (χ1) is 8.81. The zero-order valence-electron chi connectivity index (χ0n) is 10.6. The number of hydrogen-bond donors (Lipinski definition) is 1. The molecule has 2 aromatic carbocycles. The maximum Gasteiger partial charge on any atom is 0.123 e. The summed E-state index contributed by atoms with van der Waals surface area (Å²) in [6, 6.07) is 17.2. The van der Waals surface area contributed by atoms with Gasteiger partial charge in [-0.1, -0.05) is 42.5 Å². The van der Waals surface area contributed by atoms with Crippen molar-refractivity contribution >= 4 is 0 Å². The summed E-state index contributed by atoms with van der Waals surface area (Å²) in [5.41, 5.74) is 2.44. The van der Waals surface area contributed by atoms with Gasteiger partial charge in [0.2, 0.25) is 0 Å². The summed E-state index contributed by atoms with van der Waals surface area (Å²) in [4.78, 5) is 0. The highest BCUT2D eigenvalue weighted by Crippen LogP contribution is 2.27. The highest BCUT2D eigenvalue weighted by molar-refractivity contribution is 5.32. The summed E-state index contributed by atoms with van der Waals surface area (Å²) in [6.07, 6.45) is 1.01. The van der Waals surface area contributed by atoms with Crippen LogP contribution in [0.1, 0.15) is 23.5 Å². The summed E-state index contributed by atoms with van der Waals surface area (Å²) >= 11 is 0. The Kier molecular flexibility index (Phi) is 4.48. The van der Waals surface area contributed by atoms with Gasteiger partial charge >= 0.3 is 0 Å². The fourth-order valence-electron chi connectivity index (χ4n) is 2.19. The molecule has 1 unspecified atom stereocenters. The average molecular weight is 243 g/mol. The summed E-state index contributed by atoms with van der Waals surface area (Å²) in [5.74, 6) is 0.137. The van der Waals surface area contributed by atoms with Gasteiger partial charge in [-0.3, -0.25) is 0 Å². The second kappa shape index (κ2) is 6.31. The van der Waals surface area contributed by atoms with Gasteiger partial charge in [0.25, 0.3) is 0 Å². The maximum absolute atomic E-state index is 13.0. The van der Waals surface area contributed by atoms with Crippen molar-refractivity contribution in [3.05, 3.63) is 71.5 Å². The van der Waals surface area contributed by atoms with Gasteiger partial charge in [0.1, 0.15) is 5.82 Å². The lowest BCUT2D eigenvalue weighted by atomic mass is 9.88. The smallest absolute Gasteiger partial charge is 0.123 e. The quantitative estimate of drug-likeness (QED) is 0.846. The zero-order valence-corrected chi connectivity index (χ0v) is 10.6. The van der Waals surface area contributed by atoms with E-state index in [1.807, 2.05) is 37.4 Å². The van der Waals surface area contributed by atoms with E-state index < -0.39 is 0 Å². The van der Waals surface area contributed by atoms with Crippen LogP contribution in [0, 0.1) is 5.82 Å². The molecule has 0 heterocycles. The molecule has 0 radical (unpaired) electrons. The SMILES string of the molecule is CNCCC(c1ccccc1)c1ccc(F)cc1. The van der Waals surface area contributed by atoms with Crippen molar-refractivity contribution in [2.24, 2.45) is 0 Å². The molecular formula is C16H18FN. The van der Waals surface area contributed by atoms with E-state index in [4.69, 9.17) is 0 Å². The normalized spacial score (nSPS) is 12.3. The van der Waals surface area contributed by atoms with Crippen molar-refractivity contribution in [1.29, 1.82) is 0 Å². The Morgan fingerprint density at radius 2 is 1.56 bits per heavy atom. The lowest BCUT2D eigenvalue weighted by molar-refractivity contribution is 0.623. The molecular weight excluding hydrogens is 225 g/mol. The van der Waals surface area contributed by atoms with Crippen LogP contribution in [0.2, 0.25) is 0 Å². The number of halogens is 1. The van der Waals surface area contributed by atoms with Gasteiger partial charge in [-0.05, 0) is 43.3 Å². The highest BCUT2D eigenvalue weighted by atomic mass is 19.1. The van der Waals surface area contributed by atoms with Gasteiger partial charge < -0.3 is 5.32 Å². The molecule has 0 aliphatic carbocycles. The fourth-order valence-corrected chi connectivity index (χ4v) is 2.19. The predicted octanol–water partition coefficient (Wildman–Crippen LogP) is 3.57. The summed E-state index contributed by atoms with van der Waals surface area (Å²) in [6.45, 7) is 0.941. The molecule has 0 aliphatic rings. The van der Waals surface area contributed by atoms with Crippen LogP contribution < -0.4 is 5.32 Å². The van der Waals surface area contributed by atoms with Gasteiger partial charge in [0.15, 0.2) is 0 Å². The van der Waals surface area contributed by atoms with E-state index in [0.717, 1.165) is 18.5 Å². The van der Waals surface area contributed by atoms with Crippen LogP contribution in [0.15, 0.2) is 54.6 Å². The topological polar surface area (TPSA) is 12.0 Å². The minimum absolute atomic E-state index is 0.181. The minimum atomic E-state index is -0.181. The third-order valence-electron chi connectivity index (χ3n) is 3.16. The van der Waals surface area contributed by atoms with E-state index >= 15 is 0 Å². The zero-order chi connectivity index (χ0) is 12.8. The molecule has 94 valence electrons. The van der Waals surface area contributed by atoms with Crippen LogP contribution in [0.25, 0.3) is 0 Å². The van der Waals surface area contributed by atoms with Gasteiger partial charge in [0, 0.05) is 5.92 Å². The van der Waals surface area contributed by atoms with Crippen LogP contribution in [0.3, 0.4) is 0 Å². The van der Waals surface area contributed by atoms with Crippen molar-refractivity contribution in [2.45, 2.75) is 12.3 Å². The Morgan fingerprint density at radius 3 is 2.17 bits per heavy atom. The first-order valence-electron chi connectivity index (χ1n) is 6.26. The number of hydrogen-bond acceptors (Lipinski definition) is 1. The van der Waals surface area contributed by atoms with Crippen LogP contribution >= 0.6 is 0 Å². The Morgan fingerprint density at radius 1 is 0.944 bits per heavy atom. The Hall–Kier alpha value is -1.67. The summed E-state index contributed by atoms with van der Waals surface area (Å²) in [7, 11) is 1.95. The van der Waals surface area contributed by atoms with E-state index in [1.165, 1.54) is 17.7 Å². The third kappa shape index (κ3) is 3.17. The van der Waals surface area contributed by atoms with Gasteiger partial charge in [0.05, 0.1) is 0 Å². The largest absolute Gasteiger partial charge is 0.320 e. The van der Waals surface area contributed by atoms with Gasteiger partial charge in [-0.25, -0.2) is 4.39 Å². The molecule has 0 saturated carbocycles. The van der Waals surface area contributed by atoms with Crippen molar-refractivity contribution < 1.29 is 4.39 Å². The molecule has 2 heteroatoms. The Labute approximate surface area is 108 Å². The van der Waals surface area contributed by atoms with Crippen molar-refractivity contribution in [3.8, 4) is 0 Å². The second-order valence-corrected chi connectivity index (χ2v) is 4.41. The van der Waals surface area contributed by atoms with E-state index in [9.17, 15) is 4.39 Å². The Balaban J connectivity index is 2.27. The number of rotatable bonds is 5. The molecule has 0 bridgehead atoms. The minimum Gasteiger partial charge on any atom is -0.320 e. The molecule has 1 nitrogen and oxygen atoms in total. The van der Waals surface area contributed by atoms with Gasteiger partial charge in [-0.2, -0.15) is 0 Å². The van der Waals surface area contributed by atoms with E-state index in [0.29, 0.717) is 5.92 Å². The molecule has 0 spiro atoms. The molecule has 0 aliphatic heterocycles. The molecule has 1 atom stereocenters. The van der Waals surface area contributed by atoms with E-state index in [1.54, 1.807) is 0 Å². The lowest BCUT2D eigenvalue weighted by Gasteiger charge is -2.18. The maximum atomic E-state index is 13.0. The van der Waals surface area contributed by atoms with E-state index in [2.05, 4.69) is 17.4 Å². The molecule has 18 heavy (non-hydrogen) atoms. The molecule has 0 fully saturated rings. The highest BCUT2D eigenvalue weighted by Gasteiger charge is 2.13. The van der Waals surface area contributed by atoms with Crippen LogP contribution in [0.5, 0.6) is 0 Å². The van der Waals surface area contributed by atoms with E-state index in [-0.39, 0.29) is 5.82 Å². The fraction of sp³-hybridized carbons (Fsp3) is 0.250. The third-order valence-corrected chi connectivity index (χ3v) is 3.16. The molecule has 1 N–H and O–H groups in total. The second-order valence-electron chi connectivity index (χ2n) is 4.41. The lowest BCUT2D eigenvalue weighted by Crippen LogP contribution is -2.13. The van der Waals surface area contributed by atoms with Crippen molar-refractivity contribution in [1.82, 2.24) is 5.32 Å². The average Bonchev–Trinajstić information content (AvgIpc) is 2.42. The number of benzene rings is 2. The summed E-state index contributed by atoms with van der Waals surface area (Å²) in [5, 5.41) is 3.17. The molecule has 2 aromatic rings. The van der Waals surface area contributed by atoms with Crippen LogP contribution in [-0.4, -0.2) is 13.6 Å². The first-order valence-corrected chi connectivity index (χ1v) is 6.26. The monoisotopic (exact) mass is 243 g/mol. The molecule has 0 saturated heterocycles. The summed E-state index contributed by atoms with van der Waals surface area (Å²) < 4.78 is 13.0.